The number of nitrogens with two attached hydrogens (primary N) is 1. The number of hydrogen-bond donors (Lipinski definition) is 1. The number of halogens is 1. The number of aromatic nitrogens is 3. The maximum absolute atomic E-state index is 5.98. The van der Waals surface area contributed by atoms with Crippen LogP contribution in [0.15, 0.2) is 47.1 Å². The largest absolute Gasteiger partial charge is 0.491 e. The third kappa shape index (κ3) is 2.91. The van der Waals surface area contributed by atoms with Crippen molar-refractivity contribution in [2.24, 2.45) is 0 Å². The fourth-order valence-corrected chi connectivity index (χ4v) is 3.42. The van der Waals surface area contributed by atoms with Crippen LogP contribution in [0.1, 0.15) is 12.8 Å². The molecule has 0 amide bonds. The van der Waals surface area contributed by atoms with Gasteiger partial charge >= 0.3 is 0 Å². The summed E-state index contributed by atoms with van der Waals surface area (Å²) in [5, 5.41) is 4.38. The van der Waals surface area contributed by atoms with Gasteiger partial charge in [-0.25, -0.2) is 4.98 Å². The molecule has 3 heterocycles. The summed E-state index contributed by atoms with van der Waals surface area (Å²) in [7, 11) is 0. The lowest BCUT2D eigenvalue weighted by Gasteiger charge is -2.27. The lowest BCUT2D eigenvalue weighted by molar-refractivity contribution is 0.288. The van der Waals surface area contributed by atoms with Crippen molar-refractivity contribution in [1.82, 2.24) is 14.6 Å². The van der Waals surface area contributed by atoms with Crippen LogP contribution in [-0.4, -0.2) is 33.8 Å². The van der Waals surface area contributed by atoms with E-state index in [4.69, 9.17) is 10.5 Å². The van der Waals surface area contributed by atoms with Crippen molar-refractivity contribution in [2.45, 2.75) is 18.9 Å². The highest BCUT2D eigenvalue weighted by Gasteiger charge is 2.27. The van der Waals surface area contributed by atoms with E-state index in [1.165, 1.54) is 0 Å². The Hall–Kier alpha value is -2.28. The van der Waals surface area contributed by atoms with Crippen molar-refractivity contribution in [3.05, 3.63) is 47.1 Å². The summed E-state index contributed by atoms with van der Waals surface area (Å²) in [4.78, 5) is 6.63. The molecule has 2 aromatic heterocycles. The Kier molecular flexibility index (Phi) is 4.02. The van der Waals surface area contributed by atoms with E-state index in [9.17, 15) is 0 Å². The SMILES string of the molecule is Nc1cc(N2CCC[C@H]2COc2ccc(Br)cc2)n2nccc2n1. The number of fused-ring (bicyclic) bond motifs is 1. The van der Waals surface area contributed by atoms with Crippen molar-refractivity contribution in [2.75, 3.05) is 23.8 Å². The predicted octanol–water partition coefficient (Wildman–Crippen LogP) is 3.12. The molecule has 1 aliphatic rings. The van der Waals surface area contributed by atoms with Crippen LogP contribution in [0.2, 0.25) is 0 Å². The quantitative estimate of drug-likeness (QED) is 0.744. The average molecular weight is 388 g/mol. The number of hydrogen-bond acceptors (Lipinski definition) is 5. The molecular weight excluding hydrogens is 370 g/mol. The van der Waals surface area contributed by atoms with E-state index in [0.717, 1.165) is 41.1 Å². The molecule has 4 rings (SSSR count). The van der Waals surface area contributed by atoms with Gasteiger partial charge in [-0.2, -0.15) is 9.61 Å². The highest BCUT2D eigenvalue weighted by Crippen LogP contribution is 2.28. The van der Waals surface area contributed by atoms with E-state index in [1.54, 1.807) is 6.20 Å². The Labute approximate surface area is 148 Å². The van der Waals surface area contributed by atoms with Crippen LogP contribution in [0.5, 0.6) is 5.75 Å². The van der Waals surface area contributed by atoms with Crippen LogP contribution in [0.3, 0.4) is 0 Å². The minimum atomic E-state index is 0.294. The smallest absolute Gasteiger partial charge is 0.159 e. The second-order valence-electron chi connectivity index (χ2n) is 5.89. The van der Waals surface area contributed by atoms with Gasteiger partial charge in [0.2, 0.25) is 0 Å². The van der Waals surface area contributed by atoms with Gasteiger partial charge in [-0.1, -0.05) is 15.9 Å². The molecule has 6 nitrogen and oxygen atoms in total. The Balaban J connectivity index is 1.55. The average Bonchev–Trinajstić information content (AvgIpc) is 3.22. The second kappa shape index (κ2) is 6.32. The Morgan fingerprint density at radius 1 is 1.25 bits per heavy atom. The maximum atomic E-state index is 5.98. The van der Waals surface area contributed by atoms with Crippen LogP contribution >= 0.6 is 15.9 Å². The first-order valence-electron chi connectivity index (χ1n) is 7.96. The Morgan fingerprint density at radius 3 is 2.92 bits per heavy atom. The third-order valence-corrected chi connectivity index (χ3v) is 4.82. The summed E-state index contributed by atoms with van der Waals surface area (Å²) in [5.74, 6) is 2.37. The van der Waals surface area contributed by atoms with E-state index < -0.39 is 0 Å². The van der Waals surface area contributed by atoms with Gasteiger partial charge in [-0.3, -0.25) is 0 Å². The van der Waals surface area contributed by atoms with Gasteiger partial charge < -0.3 is 15.4 Å². The summed E-state index contributed by atoms with van der Waals surface area (Å²) >= 11 is 3.44. The molecule has 2 N–H and O–H groups in total. The van der Waals surface area contributed by atoms with E-state index in [2.05, 4.69) is 30.9 Å². The van der Waals surface area contributed by atoms with E-state index >= 15 is 0 Å². The number of ether oxygens (including phenoxy) is 1. The molecule has 0 unspecified atom stereocenters. The number of rotatable bonds is 4. The monoisotopic (exact) mass is 387 g/mol. The van der Waals surface area contributed by atoms with E-state index in [-0.39, 0.29) is 0 Å². The molecule has 0 bridgehead atoms. The fourth-order valence-electron chi connectivity index (χ4n) is 3.15. The Bertz CT molecular complexity index is 848. The van der Waals surface area contributed by atoms with Crippen molar-refractivity contribution >= 4 is 33.2 Å². The summed E-state index contributed by atoms with van der Waals surface area (Å²) < 4.78 is 8.87. The molecule has 7 heteroatoms. The normalized spacial score (nSPS) is 17.5. The Morgan fingerprint density at radius 2 is 2.08 bits per heavy atom. The third-order valence-electron chi connectivity index (χ3n) is 4.29. The summed E-state index contributed by atoms with van der Waals surface area (Å²) in [6.07, 6.45) is 3.95. The van der Waals surface area contributed by atoms with Crippen LogP contribution in [-0.2, 0) is 0 Å². The predicted molar refractivity (Wildman–Crippen MR) is 97.4 cm³/mol. The molecule has 1 saturated heterocycles. The molecular formula is C17H18BrN5O. The minimum absolute atomic E-state index is 0.294. The van der Waals surface area contributed by atoms with Crippen molar-refractivity contribution < 1.29 is 4.74 Å². The van der Waals surface area contributed by atoms with Gasteiger partial charge in [0, 0.05) is 23.2 Å². The van der Waals surface area contributed by atoms with E-state index in [1.807, 2.05) is 40.9 Å². The number of anilines is 2. The molecule has 1 aliphatic heterocycles. The zero-order valence-electron chi connectivity index (χ0n) is 13.1. The van der Waals surface area contributed by atoms with Crippen LogP contribution < -0.4 is 15.4 Å². The van der Waals surface area contributed by atoms with Crippen LogP contribution in [0.4, 0.5) is 11.6 Å². The number of nitrogens with zero attached hydrogens (tertiary/aromatic N) is 4. The number of nitrogen functional groups attached to an aromatic ring is 1. The van der Waals surface area contributed by atoms with Gasteiger partial charge in [0.25, 0.3) is 0 Å². The molecule has 1 atom stereocenters. The number of benzene rings is 1. The van der Waals surface area contributed by atoms with Crippen molar-refractivity contribution in [3.8, 4) is 5.75 Å². The summed E-state index contributed by atoms with van der Waals surface area (Å²) in [6.45, 7) is 1.60. The lowest BCUT2D eigenvalue weighted by Crippen LogP contribution is -2.35. The molecule has 0 radical (unpaired) electrons. The first-order chi connectivity index (χ1) is 11.7. The zero-order chi connectivity index (χ0) is 16.5. The summed E-state index contributed by atoms with van der Waals surface area (Å²) in [5.41, 5.74) is 6.73. The van der Waals surface area contributed by atoms with Crippen LogP contribution in [0.25, 0.3) is 5.65 Å². The van der Waals surface area contributed by atoms with E-state index in [0.29, 0.717) is 18.5 Å². The van der Waals surface area contributed by atoms with Crippen molar-refractivity contribution in [1.29, 1.82) is 0 Å². The van der Waals surface area contributed by atoms with Crippen LogP contribution in [0, 0.1) is 0 Å². The molecule has 24 heavy (non-hydrogen) atoms. The summed E-state index contributed by atoms with van der Waals surface area (Å²) in [6, 6.07) is 12.0. The molecule has 1 aromatic carbocycles. The highest BCUT2D eigenvalue weighted by molar-refractivity contribution is 9.10. The molecule has 0 spiro atoms. The van der Waals surface area contributed by atoms with Gasteiger partial charge in [0.1, 0.15) is 24.0 Å². The highest BCUT2D eigenvalue weighted by atomic mass is 79.9. The molecule has 0 aliphatic carbocycles. The first kappa shape index (κ1) is 15.3. The topological polar surface area (TPSA) is 68.7 Å². The van der Waals surface area contributed by atoms with Crippen molar-refractivity contribution in [3.63, 3.8) is 0 Å². The molecule has 0 saturated carbocycles. The second-order valence-corrected chi connectivity index (χ2v) is 6.81. The van der Waals surface area contributed by atoms with Gasteiger partial charge in [-0.05, 0) is 37.1 Å². The first-order valence-corrected chi connectivity index (χ1v) is 8.75. The molecule has 3 aromatic rings. The zero-order valence-corrected chi connectivity index (χ0v) is 14.7. The maximum Gasteiger partial charge on any atom is 0.159 e. The van der Waals surface area contributed by atoms with Gasteiger partial charge in [-0.15, -0.1) is 0 Å². The minimum Gasteiger partial charge on any atom is -0.491 e. The molecule has 124 valence electrons. The standard InChI is InChI=1S/C17H18BrN5O/c18-12-3-5-14(6-4-12)24-11-13-2-1-9-22(13)17-10-15(19)21-16-7-8-20-23(16)17/h3-8,10,13H,1-2,9,11H2,(H2,19,21)/t13-/m0/s1. The lowest BCUT2D eigenvalue weighted by atomic mass is 10.2. The van der Waals surface area contributed by atoms with Gasteiger partial charge in [0.15, 0.2) is 5.65 Å². The molecule has 1 fully saturated rings. The van der Waals surface area contributed by atoms with Gasteiger partial charge in [0.05, 0.1) is 12.2 Å². The fraction of sp³-hybridized carbons (Fsp3) is 0.294.